The molecular weight excluding hydrogens is 235 g/mol. The second-order valence-electron chi connectivity index (χ2n) is 3.03. The van der Waals surface area contributed by atoms with Crippen LogP contribution in [0.5, 0.6) is 0 Å². The van der Waals surface area contributed by atoms with Crippen molar-refractivity contribution in [3.05, 3.63) is 34.3 Å². The molecule has 0 saturated heterocycles. The number of aryl methyl sites for hydroxylation is 1. The standard InChI is InChI=1S/C10H12BrCl/c1-7-4-3-5-9(10(7)12)6-8(2)11/h3-5,8H,6H2,1-2H3. The van der Waals surface area contributed by atoms with Crippen LogP contribution >= 0.6 is 27.5 Å². The minimum Gasteiger partial charge on any atom is -0.0890 e. The summed E-state index contributed by atoms with van der Waals surface area (Å²) in [6.07, 6.45) is 0.987. The van der Waals surface area contributed by atoms with Crippen molar-refractivity contribution in [3.63, 3.8) is 0 Å². The van der Waals surface area contributed by atoms with Gasteiger partial charge in [-0.3, -0.25) is 0 Å². The Balaban J connectivity index is 2.92. The van der Waals surface area contributed by atoms with Gasteiger partial charge in [-0.25, -0.2) is 0 Å². The van der Waals surface area contributed by atoms with E-state index in [-0.39, 0.29) is 0 Å². The summed E-state index contributed by atoms with van der Waals surface area (Å²) in [5.74, 6) is 0. The molecule has 0 heterocycles. The third kappa shape index (κ3) is 2.49. The zero-order chi connectivity index (χ0) is 9.14. The lowest BCUT2D eigenvalue weighted by Crippen LogP contribution is -1.97. The van der Waals surface area contributed by atoms with Gasteiger partial charge in [0.25, 0.3) is 0 Å². The Kier molecular flexibility index (Phi) is 3.60. The first-order chi connectivity index (χ1) is 5.61. The van der Waals surface area contributed by atoms with E-state index in [1.165, 1.54) is 5.56 Å². The highest BCUT2D eigenvalue weighted by Gasteiger charge is 2.04. The second kappa shape index (κ2) is 4.29. The first kappa shape index (κ1) is 10.1. The smallest absolute Gasteiger partial charge is 0.0467 e. The van der Waals surface area contributed by atoms with Gasteiger partial charge in [-0.2, -0.15) is 0 Å². The molecule has 0 N–H and O–H groups in total. The summed E-state index contributed by atoms with van der Waals surface area (Å²) in [5, 5.41) is 0.906. The number of hydrogen-bond donors (Lipinski definition) is 0. The minimum atomic E-state index is 0.483. The van der Waals surface area contributed by atoms with Crippen molar-refractivity contribution in [2.45, 2.75) is 25.1 Å². The molecule has 1 unspecified atom stereocenters. The normalized spacial score (nSPS) is 13.0. The van der Waals surface area contributed by atoms with Gasteiger partial charge < -0.3 is 0 Å². The van der Waals surface area contributed by atoms with Crippen LogP contribution in [0.4, 0.5) is 0 Å². The van der Waals surface area contributed by atoms with Crippen molar-refractivity contribution < 1.29 is 0 Å². The van der Waals surface area contributed by atoms with Crippen LogP contribution in [0.2, 0.25) is 5.02 Å². The average Bonchev–Trinajstić information content (AvgIpc) is 1.98. The molecule has 0 saturated carbocycles. The van der Waals surface area contributed by atoms with Gasteiger partial charge in [0.05, 0.1) is 0 Å². The quantitative estimate of drug-likeness (QED) is 0.694. The van der Waals surface area contributed by atoms with Crippen molar-refractivity contribution in [1.29, 1.82) is 0 Å². The molecule has 1 rings (SSSR count). The summed E-state index contributed by atoms with van der Waals surface area (Å²) >= 11 is 9.63. The van der Waals surface area contributed by atoms with Gasteiger partial charge in [0.15, 0.2) is 0 Å². The highest BCUT2D eigenvalue weighted by atomic mass is 79.9. The lowest BCUT2D eigenvalue weighted by Gasteiger charge is -2.07. The monoisotopic (exact) mass is 246 g/mol. The van der Waals surface area contributed by atoms with Gasteiger partial charge >= 0.3 is 0 Å². The molecule has 66 valence electrons. The molecule has 2 heteroatoms. The first-order valence-corrected chi connectivity index (χ1v) is 5.28. The van der Waals surface area contributed by atoms with Crippen LogP contribution in [0, 0.1) is 6.92 Å². The van der Waals surface area contributed by atoms with Crippen LogP contribution in [0.15, 0.2) is 18.2 Å². The fourth-order valence-corrected chi connectivity index (χ4v) is 1.72. The molecule has 0 bridgehead atoms. The Morgan fingerprint density at radius 3 is 2.75 bits per heavy atom. The zero-order valence-electron chi connectivity index (χ0n) is 7.27. The van der Waals surface area contributed by atoms with E-state index in [2.05, 4.69) is 28.9 Å². The van der Waals surface area contributed by atoms with Crippen molar-refractivity contribution in [2.75, 3.05) is 0 Å². The summed E-state index contributed by atoms with van der Waals surface area (Å²) in [4.78, 5) is 0.483. The predicted octanol–water partition coefficient (Wildman–Crippen LogP) is 3.97. The third-order valence-electron chi connectivity index (χ3n) is 1.77. The zero-order valence-corrected chi connectivity index (χ0v) is 9.61. The molecule has 0 spiro atoms. The Morgan fingerprint density at radius 1 is 1.50 bits per heavy atom. The summed E-state index contributed by atoms with van der Waals surface area (Å²) in [5.41, 5.74) is 2.38. The Hall–Kier alpha value is -0.0100. The fraction of sp³-hybridized carbons (Fsp3) is 0.400. The molecule has 0 radical (unpaired) electrons. The summed E-state index contributed by atoms with van der Waals surface area (Å²) in [6.45, 7) is 4.16. The molecule has 1 aromatic rings. The summed E-state index contributed by atoms with van der Waals surface area (Å²) in [7, 11) is 0. The summed E-state index contributed by atoms with van der Waals surface area (Å²) < 4.78 is 0. The maximum Gasteiger partial charge on any atom is 0.0467 e. The van der Waals surface area contributed by atoms with Crippen molar-refractivity contribution in [1.82, 2.24) is 0 Å². The van der Waals surface area contributed by atoms with Gasteiger partial charge in [0.2, 0.25) is 0 Å². The number of alkyl halides is 1. The number of hydrogen-bond acceptors (Lipinski definition) is 0. The molecule has 1 atom stereocenters. The second-order valence-corrected chi connectivity index (χ2v) is 4.97. The maximum absolute atomic E-state index is 6.12. The number of benzene rings is 1. The third-order valence-corrected chi connectivity index (χ3v) is 2.64. The van der Waals surface area contributed by atoms with E-state index in [9.17, 15) is 0 Å². The van der Waals surface area contributed by atoms with Crippen LogP contribution in [-0.2, 0) is 6.42 Å². The molecule has 0 aliphatic rings. The van der Waals surface area contributed by atoms with E-state index in [4.69, 9.17) is 11.6 Å². The SMILES string of the molecule is Cc1cccc(CC(C)Br)c1Cl. The maximum atomic E-state index is 6.12. The van der Waals surface area contributed by atoms with Crippen LogP contribution in [-0.4, -0.2) is 4.83 Å². The van der Waals surface area contributed by atoms with E-state index in [0.717, 1.165) is 17.0 Å². The van der Waals surface area contributed by atoms with Crippen LogP contribution in [0.3, 0.4) is 0 Å². The van der Waals surface area contributed by atoms with Gasteiger partial charge in [0, 0.05) is 9.85 Å². The molecule has 0 aliphatic carbocycles. The van der Waals surface area contributed by atoms with Crippen LogP contribution < -0.4 is 0 Å². The molecule has 12 heavy (non-hydrogen) atoms. The average molecular weight is 248 g/mol. The van der Waals surface area contributed by atoms with E-state index < -0.39 is 0 Å². The number of halogens is 2. The van der Waals surface area contributed by atoms with E-state index >= 15 is 0 Å². The molecular formula is C10H12BrCl. The topological polar surface area (TPSA) is 0 Å². The van der Waals surface area contributed by atoms with E-state index in [1.807, 2.05) is 19.1 Å². The van der Waals surface area contributed by atoms with Gasteiger partial charge in [0.1, 0.15) is 0 Å². The summed E-state index contributed by atoms with van der Waals surface area (Å²) in [6, 6.07) is 6.16. The van der Waals surface area contributed by atoms with Gasteiger partial charge in [-0.1, -0.05) is 52.7 Å². The van der Waals surface area contributed by atoms with Crippen molar-refractivity contribution >= 4 is 27.5 Å². The van der Waals surface area contributed by atoms with Crippen molar-refractivity contribution in [2.24, 2.45) is 0 Å². The lowest BCUT2D eigenvalue weighted by atomic mass is 10.1. The Labute approximate surface area is 87.1 Å². The Bertz CT molecular complexity index is 269. The highest BCUT2D eigenvalue weighted by Crippen LogP contribution is 2.22. The van der Waals surface area contributed by atoms with Crippen LogP contribution in [0.25, 0.3) is 0 Å². The largest absolute Gasteiger partial charge is 0.0890 e. The molecule has 0 nitrogen and oxygen atoms in total. The van der Waals surface area contributed by atoms with Gasteiger partial charge in [-0.05, 0) is 24.5 Å². The minimum absolute atomic E-state index is 0.483. The molecule has 0 aromatic heterocycles. The lowest BCUT2D eigenvalue weighted by molar-refractivity contribution is 0.958. The van der Waals surface area contributed by atoms with Crippen LogP contribution in [0.1, 0.15) is 18.1 Å². The molecule has 0 fully saturated rings. The first-order valence-electron chi connectivity index (χ1n) is 3.99. The van der Waals surface area contributed by atoms with E-state index in [0.29, 0.717) is 4.83 Å². The molecule has 0 amide bonds. The van der Waals surface area contributed by atoms with Crippen molar-refractivity contribution in [3.8, 4) is 0 Å². The van der Waals surface area contributed by atoms with E-state index in [1.54, 1.807) is 0 Å². The fourth-order valence-electron chi connectivity index (χ4n) is 1.17. The predicted molar refractivity (Wildman–Crippen MR) is 58.3 cm³/mol. The molecule has 1 aromatic carbocycles. The van der Waals surface area contributed by atoms with Gasteiger partial charge in [-0.15, -0.1) is 0 Å². The number of rotatable bonds is 2. The Morgan fingerprint density at radius 2 is 2.17 bits per heavy atom. The highest BCUT2D eigenvalue weighted by molar-refractivity contribution is 9.09. The molecule has 0 aliphatic heterocycles.